The van der Waals surface area contributed by atoms with Crippen LogP contribution in [0.3, 0.4) is 0 Å². The predicted molar refractivity (Wildman–Crippen MR) is 93.7 cm³/mol. The van der Waals surface area contributed by atoms with Gasteiger partial charge in [0.25, 0.3) is 0 Å². The number of ether oxygens (including phenoxy) is 3. The van der Waals surface area contributed by atoms with Gasteiger partial charge in [-0.1, -0.05) is 43.2 Å². The molecular weight excluding hydrogens is 304 g/mol. The largest absolute Gasteiger partial charge is 0.493 e. The molecule has 0 heterocycles. The Morgan fingerprint density at radius 3 is 2.46 bits per heavy atom. The van der Waals surface area contributed by atoms with Crippen molar-refractivity contribution in [1.82, 2.24) is 0 Å². The van der Waals surface area contributed by atoms with Gasteiger partial charge in [-0.3, -0.25) is 0 Å². The van der Waals surface area contributed by atoms with Crippen molar-refractivity contribution < 1.29 is 19.0 Å². The summed E-state index contributed by atoms with van der Waals surface area (Å²) in [6, 6.07) is 13.2. The number of carbonyl (C=O) groups is 1. The molecule has 2 aromatic carbocycles. The molecule has 0 radical (unpaired) electrons. The van der Waals surface area contributed by atoms with Crippen molar-refractivity contribution in [1.29, 1.82) is 0 Å². The molecule has 0 amide bonds. The maximum Gasteiger partial charge on any atom is 0.338 e. The molecule has 2 aromatic rings. The molecule has 0 unspecified atom stereocenters. The zero-order valence-corrected chi connectivity index (χ0v) is 14.5. The van der Waals surface area contributed by atoms with Gasteiger partial charge in [0.1, 0.15) is 6.61 Å². The summed E-state index contributed by atoms with van der Waals surface area (Å²) in [4.78, 5) is 12.1. The Morgan fingerprint density at radius 2 is 1.79 bits per heavy atom. The van der Waals surface area contributed by atoms with Crippen molar-refractivity contribution in [2.24, 2.45) is 0 Å². The van der Waals surface area contributed by atoms with E-state index < -0.39 is 0 Å². The minimum Gasteiger partial charge on any atom is -0.493 e. The summed E-state index contributed by atoms with van der Waals surface area (Å²) in [6.45, 7) is 4.94. The smallest absolute Gasteiger partial charge is 0.338 e. The Kier molecular flexibility index (Phi) is 6.67. The van der Waals surface area contributed by atoms with E-state index in [1.807, 2.05) is 31.2 Å². The molecule has 0 saturated heterocycles. The number of hydrogen-bond acceptors (Lipinski definition) is 4. The van der Waals surface area contributed by atoms with Crippen LogP contribution in [0, 0.1) is 6.92 Å². The molecular formula is C20H24O4. The van der Waals surface area contributed by atoms with Crippen LogP contribution >= 0.6 is 0 Å². The van der Waals surface area contributed by atoms with E-state index >= 15 is 0 Å². The molecule has 4 heteroatoms. The number of methoxy groups -OCH3 is 1. The summed E-state index contributed by atoms with van der Waals surface area (Å²) in [7, 11) is 1.58. The standard InChI is InChI=1S/C20H24O4/c1-4-5-12-23-20(21)17-10-11-18(22-3)19(13-17)24-14-16-8-6-15(2)7-9-16/h6-11,13H,4-5,12,14H2,1-3H3. The summed E-state index contributed by atoms with van der Waals surface area (Å²) in [6.07, 6.45) is 1.85. The van der Waals surface area contributed by atoms with Gasteiger partial charge in [0.15, 0.2) is 11.5 Å². The SMILES string of the molecule is CCCCOC(=O)c1ccc(OC)c(OCc2ccc(C)cc2)c1. The van der Waals surface area contributed by atoms with Gasteiger partial charge < -0.3 is 14.2 Å². The highest BCUT2D eigenvalue weighted by molar-refractivity contribution is 5.90. The van der Waals surface area contributed by atoms with Gasteiger partial charge in [-0.15, -0.1) is 0 Å². The van der Waals surface area contributed by atoms with E-state index in [1.54, 1.807) is 25.3 Å². The van der Waals surface area contributed by atoms with Crippen molar-refractivity contribution in [2.45, 2.75) is 33.3 Å². The van der Waals surface area contributed by atoms with E-state index in [1.165, 1.54) is 5.56 Å². The van der Waals surface area contributed by atoms with E-state index in [-0.39, 0.29) is 5.97 Å². The first kappa shape index (κ1) is 17.9. The van der Waals surface area contributed by atoms with Crippen molar-refractivity contribution in [3.8, 4) is 11.5 Å². The van der Waals surface area contributed by atoms with Crippen molar-refractivity contribution in [2.75, 3.05) is 13.7 Å². The summed E-state index contributed by atoms with van der Waals surface area (Å²) in [5, 5.41) is 0. The third-order valence-electron chi connectivity index (χ3n) is 3.65. The fourth-order valence-corrected chi connectivity index (χ4v) is 2.15. The second kappa shape index (κ2) is 8.96. The van der Waals surface area contributed by atoms with Gasteiger partial charge in [-0.2, -0.15) is 0 Å². The second-order valence-electron chi connectivity index (χ2n) is 5.63. The van der Waals surface area contributed by atoms with E-state index in [0.29, 0.717) is 30.3 Å². The van der Waals surface area contributed by atoms with Crippen LogP contribution < -0.4 is 9.47 Å². The topological polar surface area (TPSA) is 44.8 Å². The molecule has 0 spiro atoms. The Balaban J connectivity index is 2.07. The van der Waals surface area contributed by atoms with Crippen LogP contribution in [0.5, 0.6) is 11.5 Å². The molecule has 4 nitrogen and oxygen atoms in total. The van der Waals surface area contributed by atoms with Gasteiger partial charge in [-0.25, -0.2) is 4.79 Å². The Labute approximate surface area is 143 Å². The quantitative estimate of drug-likeness (QED) is 0.527. The number of unbranched alkanes of at least 4 members (excludes halogenated alkanes) is 1. The average molecular weight is 328 g/mol. The Hall–Kier alpha value is -2.49. The van der Waals surface area contributed by atoms with Gasteiger partial charge in [-0.05, 0) is 37.1 Å². The summed E-state index contributed by atoms with van der Waals surface area (Å²) < 4.78 is 16.4. The van der Waals surface area contributed by atoms with Crippen molar-refractivity contribution >= 4 is 5.97 Å². The van der Waals surface area contributed by atoms with Crippen molar-refractivity contribution in [3.05, 3.63) is 59.2 Å². The molecule has 0 fully saturated rings. The maximum atomic E-state index is 12.1. The highest BCUT2D eigenvalue weighted by Crippen LogP contribution is 2.29. The minimum atomic E-state index is -0.341. The predicted octanol–water partition coefficient (Wildman–Crippen LogP) is 4.54. The normalized spacial score (nSPS) is 10.3. The second-order valence-corrected chi connectivity index (χ2v) is 5.63. The lowest BCUT2D eigenvalue weighted by molar-refractivity contribution is 0.0499. The summed E-state index contributed by atoms with van der Waals surface area (Å²) in [5.41, 5.74) is 2.72. The minimum absolute atomic E-state index is 0.341. The monoisotopic (exact) mass is 328 g/mol. The third-order valence-corrected chi connectivity index (χ3v) is 3.65. The van der Waals surface area contributed by atoms with Crippen LogP contribution in [0.25, 0.3) is 0 Å². The molecule has 24 heavy (non-hydrogen) atoms. The molecule has 0 bridgehead atoms. The lowest BCUT2D eigenvalue weighted by Gasteiger charge is -2.12. The first-order valence-corrected chi connectivity index (χ1v) is 8.17. The van der Waals surface area contributed by atoms with Gasteiger partial charge in [0.2, 0.25) is 0 Å². The Morgan fingerprint density at radius 1 is 1.04 bits per heavy atom. The van der Waals surface area contributed by atoms with E-state index in [4.69, 9.17) is 14.2 Å². The number of rotatable bonds is 8. The van der Waals surface area contributed by atoms with E-state index in [2.05, 4.69) is 6.92 Å². The third kappa shape index (κ3) is 5.01. The molecule has 2 rings (SSSR count). The molecule has 128 valence electrons. The van der Waals surface area contributed by atoms with Crippen LogP contribution in [0.1, 0.15) is 41.3 Å². The van der Waals surface area contributed by atoms with Gasteiger partial charge in [0.05, 0.1) is 19.3 Å². The summed E-state index contributed by atoms with van der Waals surface area (Å²) >= 11 is 0. The molecule has 0 saturated carbocycles. The molecule has 0 N–H and O–H groups in total. The lowest BCUT2D eigenvalue weighted by atomic mass is 10.1. The number of benzene rings is 2. The first-order chi connectivity index (χ1) is 11.6. The lowest BCUT2D eigenvalue weighted by Crippen LogP contribution is -2.07. The first-order valence-electron chi connectivity index (χ1n) is 8.17. The van der Waals surface area contributed by atoms with Crippen LogP contribution in [-0.2, 0) is 11.3 Å². The number of hydrogen-bond donors (Lipinski definition) is 0. The molecule has 0 atom stereocenters. The average Bonchev–Trinajstić information content (AvgIpc) is 2.61. The zero-order chi connectivity index (χ0) is 17.4. The highest BCUT2D eigenvalue weighted by Gasteiger charge is 2.12. The van der Waals surface area contributed by atoms with Crippen LogP contribution in [0.4, 0.5) is 0 Å². The summed E-state index contributed by atoms with van der Waals surface area (Å²) in [5.74, 6) is 0.779. The van der Waals surface area contributed by atoms with Crippen LogP contribution in [0.15, 0.2) is 42.5 Å². The van der Waals surface area contributed by atoms with E-state index in [9.17, 15) is 4.79 Å². The molecule has 0 aliphatic carbocycles. The van der Waals surface area contributed by atoms with E-state index in [0.717, 1.165) is 18.4 Å². The van der Waals surface area contributed by atoms with Crippen LogP contribution in [-0.4, -0.2) is 19.7 Å². The van der Waals surface area contributed by atoms with Gasteiger partial charge in [0, 0.05) is 0 Å². The highest BCUT2D eigenvalue weighted by atomic mass is 16.5. The zero-order valence-electron chi connectivity index (χ0n) is 14.5. The molecule has 0 aromatic heterocycles. The number of aryl methyl sites for hydroxylation is 1. The van der Waals surface area contributed by atoms with Gasteiger partial charge >= 0.3 is 5.97 Å². The fraction of sp³-hybridized carbons (Fsp3) is 0.350. The molecule has 0 aliphatic heterocycles. The Bertz CT molecular complexity index is 662. The van der Waals surface area contributed by atoms with Crippen molar-refractivity contribution in [3.63, 3.8) is 0 Å². The number of esters is 1. The van der Waals surface area contributed by atoms with Crippen LogP contribution in [0.2, 0.25) is 0 Å². The maximum absolute atomic E-state index is 12.1. The fourth-order valence-electron chi connectivity index (χ4n) is 2.15. The molecule has 0 aliphatic rings. The number of carbonyl (C=O) groups excluding carboxylic acids is 1.